The summed E-state index contributed by atoms with van der Waals surface area (Å²) in [6.45, 7) is 2.96. The van der Waals surface area contributed by atoms with Gasteiger partial charge in [-0.15, -0.1) is 0 Å². The number of nitro groups is 2. The highest BCUT2D eigenvalue weighted by atomic mass is 35.5. The fourth-order valence-electron chi connectivity index (χ4n) is 2.40. The lowest BCUT2D eigenvalue weighted by Gasteiger charge is -2.19. The van der Waals surface area contributed by atoms with Gasteiger partial charge in [-0.05, 0) is 25.0 Å². The van der Waals surface area contributed by atoms with Gasteiger partial charge >= 0.3 is 6.18 Å². The molecule has 0 aliphatic rings. The van der Waals surface area contributed by atoms with Gasteiger partial charge in [0, 0.05) is 11.1 Å². The average molecular weight is 459 g/mol. The smallest absolute Gasteiger partial charge is 0.347 e. The molecule has 2 aromatic carbocycles. The first-order valence-electron chi connectivity index (χ1n) is 7.22. The number of halogens is 6. The van der Waals surface area contributed by atoms with Gasteiger partial charge in [0.1, 0.15) is 5.69 Å². The summed E-state index contributed by atoms with van der Waals surface area (Å²) < 4.78 is 40.5. The third kappa shape index (κ3) is 3.94. The van der Waals surface area contributed by atoms with Crippen LogP contribution in [0, 0.1) is 34.1 Å². The predicted molar refractivity (Wildman–Crippen MR) is 99.0 cm³/mol. The van der Waals surface area contributed by atoms with E-state index in [1.807, 2.05) is 0 Å². The molecule has 0 aliphatic carbocycles. The predicted octanol–water partition coefficient (Wildman–Crippen LogP) is 6.84. The summed E-state index contributed by atoms with van der Waals surface area (Å²) >= 11 is 18.3. The summed E-state index contributed by atoms with van der Waals surface area (Å²) in [5, 5.41) is 24.3. The highest BCUT2D eigenvalue weighted by molar-refractivity contribution is 6.43. The number of benzene rings is 2. The monoisotopic (exact) mass is 457 g/mol. The van der Waals surface area contributed by atoms with Crippen LogP contribution in [0.2, 0.25) is 15.1 Å². The van der Waals surface area contributed by atoms with Crippen molar-refractivity contribution in [3.8, 4) is 0 Å². The molecule has 0 atom stereocenters. The van der Waals surface area contributed by atoms with Gasteiger partial charge in [0.05, 0.1) is 37.2 Å². The van der Waals surface area contributed by atoms with Crippen LogP contribution >= 0.6 is 34.8 Å². The van der Waals surface area contributed by atoms with Crippen LogP contribution in [0.1, 0.15) is 16.7 Å². The van der Waals surface area contributed by atoms with Crippen LogP contribution in [-0.4, -0.2) is 9.85 Å². The molecule has 0 spiro atoms. The molecule has 13 heteroatoms. The van der Waals surface area contributed by atoms with Crippen LogP contribution in [-0.2, 0) is 6.18 Å². The molecule has 1 N–H and O–H groups in total. The minimum atomic E-state index is -5.14. The van der Waals surface area contributed by atoms with E-state index in [0.29, 0.717) is 6.07 Å². The van der Waals surface area contributed by atoms with Crippen molar-refractivity contribution in [3.63, 3.8) is 0 Å². The van der Waals surface area contributed by atoms with Crippen molar-refractivity contribution in [1.82, 2.24) is 0 Å². The topological polar surface area (TPSA) is 98.3 Å². The van der Waals surface area contributed by atoms with Crippen molar-refractivity contribution in [2.75, 3.05) is 5.32 Å². The molecule has 0 fully saturated rings. The Balaban J connectivity index is 2.87. The molecular formula is C15H9Cl3F3N3O4. The fourth-order valence-corrected chi connectivity index (χ4v) is 3.20. The minimum Gasteiger partial charge on any atom is -0.347 e. The molecule has 2 rings (SSSR count). The van der Waals surface area contributed by atoms with Gasteiger partial charge in [-0.1, -0.05) is 34.8 Å². The maximum atomic E-state index is 13.5. The second-order valence-corrected chi connectivity index (χ2v) is 6.73. The number of nitrogens with one attached hydrogen (secondary N) is 1. The highest BCUT2D eigenvalue weighted by Crippen LogP contribution is 2.47. The van der Waals surface area contributed by atoms with E-state index in [4.69, 9.17) is 34.8 Å². The lowest BCUT2D eigenvalue weighted by atomic mass is 10.1. The standard InChI is InChI=1S/C15H9Cl3F3N3O4/c1-5-10(16)6(2)12(18)14(11(5)17)22-13-8(15(19,20)21)3-7(23(25)26)4-9(13)24(27)28/h3-4,22H,1-2H3. The number of anilines is 2. The van der Waals surface area contributed by atoms with Crippen LogP contribution in [0.3, 0.4) is 0 Å². The molecule has 0 saturated heterocycles. The number of hydrogen-bond acceptors (Lipinski definition) is 5. The van der Waals surface area contributed by atoms with Gasteiger partial charge in [-0.3, -0.25) is 20.2 Å². The average Bonchev–Trinajstić information content (AvgIpc) is 2.60. The van der Waals surface area contributed by atoms with Crippen molar-refractivity contribution in [1.29, 1.82) is 0 Å². The molecular weight excluding hydrogens is 450 g/mol. The number of non-ortho nitro benzene ring substituents is 1. The van der Waals surface area contributed by atoms with E-state index in [0.717, 1.165) is 0 Å². The fraction of sp³-hybridized carbons (Fsp3) is 0.200. The maximum absolute atomic E-state index is 13.5. The SMILES string of the molecule is Cc1c(Cl)c(C)c(Cl)c(Nc2c([N+](=O)[O-])cc([N+](=O)[O-])cc2C(F)(F)F)c1Cl. The second-order valence-electron chi connectivity index (χ2n) is 5.59. The molecule has 0 unspecified atom stereocenters. The summed E-state index contributed by atoms with van der Waals surface area (Å²) in [6, 6.07) is 0.599. The number of rotatable bonds is 4. The van der Waals surface area contributed by atoms with Crippen molar-refractivity contribution in [3.05, 3.63) is 64.1 Å². The van der Waals surface area contributed by atoms with E-state index in [9.17, 15) is 33.4 Å². The van der Waals surface area contributed by atoms with Crippen LogP contribution in [0.15, 0.2) is 12.1 Å². The Kier molecular flexibility index (Phi) is 5.98. The van der Waals surface area contributed by atoms with Crippen molar-refractivity contribution >= 4 is 57.6 Å². The minimum absolute atomic E-state index is 0.152. The zero-order valence-corrected chi connectivity index (χ0v) is 16.2. The summed E-state index contributed by atoms with van der Waals surface area (Å²) in [4.78, 5) is 19.9. The maximum Gasteiger partial charge on any atom is 0.418 e. The van der Waals surface area contributed by atoms with Gasteiger partial charge in [0.15, 0.2) is 0 Å². The number of nitro benzene ring substituents is 2. The normalized spacial score (nSPS) is 11.4. The molecule has 0 bridgehead atoms. The van der Waals surface area contributed by atoms with E-state index in [-0.39, 0.29) is 37.9 Å². The largest absolute Gasteiger partial charge is 0.418 e. The second kappa shape index (κ2) is 7.61. The van der Waals surface area contributed by atoms with Gasteiger partial charge in [0.2, 0.25) is 0 Å². The quantitative estimate of drug-likeness (QED) is 0.399. The van der Waals surface area contributed by atoms with E-state index >= 15 is 0 Å². The zero-order chi connectivity index (χ0) is 21.5. The van der Waals surface area contributed by atoms with Gasteiger partial charge in [-0.2, -0.15) is 13.2 Å². The van der Waals surface area contributed by atoms with E-state index in [1.165, 1.54) is 13.8 Å². The first kappa shape index (κ1) is 22.0. The Labute approximate surface area is 170 Å². The Bertz CT molecular complexity index is 983. The Morgan fingerprint density at radius 3 is 1.79 bits per heavy atom. The molecule has 2 aromatic rings. The van der Waals surface area contributed by atoms with E-state index in [2.05, 4.69) is 5.32 Å². The molecule has 28 heavy (non-hydrogen) atoms. The lowest BCUT2D eigenvalue weighted by molar-refractivity contribution is -0.394. The van der Waals surface area contributed by atoms with Gasteiger partial charge in [-0.25, -0.2) is 0 Å². The summed E-state index contributed by atoms with van der Waals surface area (Å²) in [7, 11) is 0. The first-order chi connectivity index (χ1) is 12.8. The Morgan fingerprint density at radius 1 is 0.893 bits per heavy atom. The molecule has 7 nitrogen and oxygen atoms in total. The van der Waals surface area contributed by atoms with Crippen molar-refractivity contribution in [2.24, 2.45) is 0 Å². The molecule has 0 amide bonds. The molecule has 150 valence electrons. The van der Waals surface area contributed by atoms with Gasteiger partial charge in [0.25, 0.3) is 11.4 Å². The van der Waals surface area contributed by atoms with E-state index in [1.54, 1.807) is 0 Å². The summed E-state index contributed by atoms with van der Waals surface area (Å²) in [6.07, 6.45) is -5.14. The number of nitrogens with zero attached hydrogens (tertiary/aromatic N) is 2. The lowest BCUT2D eigenvalue weighted by Crippen LogP contribution is -2.12. The highest BCUT2D eigenvalue weighted by Gasteiger charge is 2.40. The molecule has 0 heterocycles. The molecule has 0 saturated carbocycles. The zero-order valence-electron chi connectivity index (χ0n) is 13.9. The molecule has 0 aliphatic heterocycles. The van der Waals surface area contributed by atoms with Crippen LogP contribution in [0.25, 0.3) is 0 Å². The number of hydrogen-bond donors (Lipinski definition) is 1. The van der Waals surface area contributed by atoms with Crippen molar-refractivity contribution < 1.29 is 23.0 Å². The summed E-state index contributed by atoms with van der Waals surface area (Å²) in [5.41, 5.74) is -4.59. The van der Waals surface area contributed by atoms with Crippen LogP contribution in [0.4, 0.5) is 35.9 Å². The molecule has 0 radical (unpaired) electrons. The van der Waals surface area contributed by atoms with Crippen LogP contribution < -0.4 is 5.32 Å². The molecule has 0 aromatic heterocycles. The van der Waals surface area contributed by atoms with Crippen molar-refractivity contribution in [2.45, 2.75) is 20.0 Å². The third-order valence-electron chi connectivity index (χ3n) is 3.82. The Hall–Kier alpha value is -2.30. The number of alkyl halides is 3. The van der Waals surface area contributed by atoms with E-state index < -0.39 is 38.6 Å². The Morgan fingerprint density at radius 2 is 1.39 bits per heavy atom. The van der Waals surface area contributed by atoms with Gasteiger partial charge < -0.3 is 5.32 Å². The third-order valence-corrected chi connectivity index (χ3v) is 5.33. The summed E-state index contributed by atoms with van der Waals surface area (Å²) in [5.74, 6) is 0. The first-order valence-corrected chi connectivity index (χ1v) is 8.35. The van der Waals surface area contributed by atoms with Crippen LogP contribution in [0.5, 0.6) is 0 Å².